The molecule has 108 valence electrons. The van der Waals surface area contributed by atoms with Gasteiger partial charge in [0.25, 0.3) is 0 Å². The van der Waals surface area contributed by atoms with Crippen molar-refractivity contribution in [1.82, 2.24) is 10.2 Å². The van der Waals surface area contributed by atoms with Crippen molar-refractivity contribution < 1.29 is 0 Å². The quantitative estimate of drug-likeness (QED) is 0.755. The highest BCUT2D eigenvalue weighted by Crippen LogP contribution is 2.21. The molecule has 0 heterocycles. The summed E-state index contributed by atoms with van der Waals surface area (Å²) < 4.78 is 0. The molecule has 0 aliphatic carbocycles. The zero-order valence-electron chi connectivity index (χ0n) is 13.5. The minimum atomic E-state index is 0.443. The molecule has 0 radical (unpaired) electrons. The van der Waals surface area contributed by atoms with Gasteiger partial charge in [0.05, 0.1) is 0 Å². The van der Waals surface area contributed by atoms with E-state index in [1.165, 1.54) is 41.6 Å². The number of unbranched alkanes of at least 4 members (excludes halogenated alkanes) is 1. The molecule has 1 aromatic rings. The van der Waals surface area contributed by atoms with Gasteiger partial charge < -0.3 is 10.2 Å². The number of nitrogens with zero attached hydrogens (tertiary/aromatic N) is 1. The van der Waals surface area contributed by atoms with Crippen LogP contribution in [0.4, 0.5) is 0 Å². The fourth-order valence-corrected chi connectivity index (χ4v) is 2.43. The number of benzene rings is 1. The second-order valence-electron chi connectivity index (χ2n) is 5.98. The highest BCUT2D eigenvalue weighted by atomic mass is 15.0. The van der Waals surface area contributed by atoms with Crippen molar-refractivity contribution in [3.05, 3.63) is 34.4 Å². The normalized spacial score (nSPS) is 13.0. The third kappa shape index (κ3) is 5.33. The van der Waals surface area contributed by atoms with Crippen molar-refractivity contribution in [2.45, 2.75) is 46.6 Å². The summed E-state index contributed by atoms with van der Waals surface area (Å²) in [6, 6.07) is 5.08. The first-order chi connectivity index (χ1) is 8.91. The number of hydrogen-bond acceptors (Lipinski definition) is 2. The predicted molar refractivity (Wildman–Crippen MR) is 84.9 cm³/mol. The number of hydrogen-bond donors (Lipinski definition) is 1. The Morgan fingerprint density at radius 2 is 1.63 bits per heavy atom. The smallest absolute Gasteiger partial charge is 0.0294 e. The predicted octanol–water partition coefficient (Wildman–Crippen LogP) is 3.60. The zero-order chi connectivity index (χ0) is 14.4. The van der Waals surface area contributed by atoms with Crippen LogP contribution in [0.15, 0.2) is 12.1 Å². The minimum Gasteiger partial charge on any atom is -0.310 e. The fraction of sp³-hybridized carbons (Fsp3) is 0.647. The van der Waals surface area contributed by atoms with Gasteiger partial charge >= 0.3 is 0 Å². The molecule has 2 nitrogen and oxygen atoms in total. The number of aryl methyl sites for hydroxylation is 3. The van der Waals surface area contributed by atoms with Crippen molar-refractivity contribution in [3.63, 3.8) is 0 Å². The van der Waals surface area contributed by atoms with Crippen LogP contribution in [0.5, 0.6) is 0 Å². The van der Waals surface area contributed by atoms with Crippen molar-refractivity contribution in [2.75, 3.05) is 27.2 Å². The Bertz CT molecular complexity index is 396. The van der Waals surface area contributed by atoms with Gasteiger partial charge in [0.15, 0.2) is 0 Å². The standard InChI is InChI=1S/C17H30N2/c1-13-11-15(3)17(12-14(13)2)16(4)18-9-7-8-10-19(5)6/h11-12,16,18H,7-10H2,1-6H3. The molecule has 19 heavy (non-hydrogen) atoms. The summed E-state index contributed by atoms with van der Waals surface area (Å²) in [5.41, 5.74) is 5.62. The summed E-state index contributed by atoms with van der Waals surface area (Å²) in [6.45, 7) is 11.1. The SMILES string of the molecule is Cc1cc(C)c(C(C)NCCCCN(C)C)cc1C. The van der Waals surface area contributed by atoms with E-state index in [4.69, 9.17) is 0 Å². The lowest BCUT2D eigenvalue weighted by molar-refractivity contribution is 0.389. The van der Waals surface area contributed by atoms with Crippen LogP contribution in [-0.4, -0.2) is 32.1 Å². The molecule has 0 saturated carbocycles. The second-order valence-corrected chi connectivity index (χ2v) is 5.98. The fourth-order valence-electron chi connectivity index (χ4n) is 2.43. The summed E-state index contributed by atoms with van der Waals surface area (Å²) in [5.74, 6) is 0. The second kappa shape index (κ2) is 7.66. The number of rotatable bonds is 7. The highest BCUT2D eigenvalue weighted by Gasteiger charge is 2.09. The maximum Gasteiger partial charge on any atom is 0.0294 e. The molecule has 1 unspecified atom stereocenters. The van der Waals surface area contributed by atoms with Gasteiger partial charge in [-0.25, -0.2) is 0 Å². The van der Waals surface area contributed by atoms with Gasteiger partial charge in [-0.05, 0) is 90.0 Å². The van der Waals surface area contributed by atoms with Crippen LogP contribution >= 0.6 is 0 Å². The molecule has 1 rings (SSSR count). The van der Waals surface area contributed by atoms with Crippen molar-refractivity contribution in [3.8, 4) is 0 Å². The van der Waals surface area contributed by atoms with Crippen LogP contribution in [0.1, 0.15) is 48.1 Å². The molecule has 1 aromatic carbocycles. The first-order valence-corrected chi connectivity index (χ1v) is 7.37. The molecule has 0 fully saturated rings. The first-order valence-electron chi connectivity index (χ1n) is 7.37. The Morgan fingerprint density at radius 1 is 1.00 bits per heavy atom. The van der Waals surface area contributed by atoms with E-state index in [-0.39, 0.29) is 0 Å². The Morgan fingerprint density at radius 3 is 2.26 bits per heavy atom. The average molecular weight is 262 g/mol. The third-order valence-corrected chi connectivity index (χ3v) is 3.83. The van der Waals surface area contributed by atoms with E-state index >= 15 is 0 Å². The summed E-state index contributed by atoms with van der Waals surface area (Å²) in [4.78, 5) is 2.25. The third-order valence-electron chi connectivity index (χ3n) is 3.83. The van der Waals surface area contributed by atoms with Crippen LogP contribution in [0.25, 0.3) is 0 Å². The summed E-state index contributed by atoms with van der Waals surface area (Å²) in [5, 5.41) is 3.64. The zero-order valence-corrected chi connectivity index (χ0v) is 13.5. The van der Waals surface area contributed by atoms with E-state index in [0.717, 1.165) is 6.54 Å². The summed E-state index contributed by atoms with van der Waals surface area (Å²) >= 11 is 0. The van der Waals surface area contributed by atoms with Gasteiger partial charge in [0, 0.05) is 6.04 Å². The molecule has 1 atom stereocenters. The van der Waals surface area contributed by atoms with E-state index in [9.17, 15) is 0 Å². The lowest BCUT2D eigenvalue weighted by Gasteiger charge is -2.18. The van der Waals surface area contributed by atoms with Gasteiger partial charge in [-0.1, -0.05) is 12.1 Å². The lowest BCUT2D eigenvalue weighted by Crippen LogP contribution is -2.22. The van der Waals surface area contributed by atoms with Crippen LogP contribution in [0.2, 0.25) is 0 Å². The Kier molecular flexibility index (Phi) is 6.53. The van der Waals surface area contributed by atoms with E-state index in [1.54, 1.807) is 0 Å². The van der Waals surface area contributed by atoms with E-state index < -0.39 is 0 Å². The van der Waals surface area contributed by atoms with Gasteiger partial charge in [0.2, 0.25) is 0 Å². The van der Waals surface area contributed by atoms with Crippen molar-refractivity contribution in [1.29, 1.82) is 0 Å². The number of nitrogens with one attached hydrogen (secondary N) is 1. The molecule has 0 aromatic heterocycles. The van der Waals surface area contributed by atoms with Gasteiger partial charge in [-0.2, -0.15) is 0 Å². The van der Waals surface area contributed by atoms with Crippen LogP contribution in [-0.2, 0) is 0 Å². The first kappa shape index (κ1) is 16.2. The highest BCUT2D eigenvalue weighted by molar-refractivity contribution is 5.37. The van der Waals surface area contributed by atoms with Crippen LogP contribution in [0, 0.1) is 20.8 Å². The lowest BCUT2D eigenvalue weighted by atomic mass is 9.96. The minimum absolute atomic E-state index is 0.443. The molecule has 0 spiro atoms. The molecule has 0 aliphatic rings. The molecule has 0 amide bonds. The summed E-state index contributed by atoms with van der Waals surface area (Å²) in [6.07, 6.45) is 2.50. The molecule has 1 N–H and O–H groups in total. The molecule has 2 heteroatoms. The Balaban J connectivity index is 2.45. The topological polar surface area (TPSA) is 15.3 Å². The van der Waals surface area contributed by atoms with Gasteiger partial charge in [0.1, 0.15) is 0 Å². The Hall–Kier alpha value is -0.860. The average Bonchev–Trinajstić information content (AvgIpc) is 2.32. The molecule has 0 aliphatic heterocycles. The van der Waals surface area contributed by atoms with E-state index in [2.05, 4.69) is 64.1 Å². The maximum absolute atomic E-state index is 3.64. The maximum atomic E-state index is 3.64. The van der Waals surface area contributed by atoms with Crippen molar-refractivity contribution in [2.24, 2.45) is 0 Å². The van der Waals surface area contributed by atoms with Gasteiger partial charge in [-0.15, -0.1) is 0 Å². The summed E-state index contributed by atoms with van der Waals surface area (Å²) in [7, 11) is 4.27. The molecular weight excluding hydrogens is 232 g/mol. The van der Waals surface area contributed by atoms with Crippen LogP contribution in [0.3, 0.4) is 0 Å². The molecule has 0 bridgehead atoms. The van der Waals surface area contributed by atoms with Crippen molar-refractivity contribution >= 4 is 0 Å². The monoisotopic (exact) mass is 262 g/mol. The van der Waals surface area contributed by atoms with E-state index in [0.29, 0.717) is 6.04 Å². The van der Waals surface area contributed by atoms with E-state index in [1.807, 2.05) is 0 Å². The van der Waals surface area contributed by atoms with Gasteiger partial charge in [-0.3, -0.25) is 0 Å². The molecule has 0 saturated heterocycles. The molecular formula is C17H30N2. The van der Waals surface area contributed by atoms with Crippen LogP contribution < -0.4 is 5.32 Å². The Labute approximate surface area is 119 Å². The largest absolute Gasteiger partial charge is 0.310 e.